The minimum Gasteiger partial charge on any atom is -0.284 e. The van der Waals surface area contributed by atoms with Gasteiger partial charge in [-0.25, -0.2) is 0 Å². The number of allylic oxidation sites excluding steroid dienone is 3. The second-order valence-corrected chi connectivity index (χ2v) is 3.08. The van der Waals surface area contributed by atoms with Gasteiger partial charge in [0.15, 0.2) is 0 Å². The number of aromatic amines is 1. The number of carbonyl (C=O) groups excluding carboxylic acids is 1. The molecule has 1 aromatic heterocycles. The van der Waals surface area contributed by atoms with Crippen molar-refractivity contribution in [2.24, 2.45) is 10.2 Å². The zero-order valence-electron chi connectivity index (χ0n) is 8.19. The van der Waals surface area contributed by atoms with E-state index in [0.29, 0.717) is 0 Å². The molecule has 1 N–H and O–H groups in total. The second kappa shape index (κ2) is 3.96. The molecular weight excluding hydrogens is 237 g/mol. The summed E-state index contributed by atoms with van der Waals surface area (Å²) in [4.78, 5) is 11.2. The number of azo groups is 1. The molecule has 0 spiro atoms. The minimum atomic E-state index is -4.95. The van der Waals surface area contributed by atoms with Crippen LogP contribution in [-0.2, 0) is 4.79 Å². The fourth-order valence-corrected chi connectivity index (χ4v) is 1.25. The fraction of sp³-hybridized carbons (Fsp3) is 0.111. The Kier molecular flexibility index (Phi) is 2.62. The monoisotopic (exact) mass is 242 g/mol. The lowest BCUT2D eigenvalue weighted by Gasteiger charge is -2.07. The van der Waals surface area contributed by atoms with Crippen molar-refractivity contribution < 1.29 is 18.0 Å². The van der Waals surface area contributed by atoms with Gasteiger partial charge >= 0.3 is 6.18 Å². The largest absolute Gasteiger partial charge is 0.454 e. The van der Waals surface area contributed by atoms with Gasteiger partial charge in [-0.2, -0.15) is 23.4 Å². The van der Waals surface area contributed by atoms with Gasteiger partial charge in [-0.3, -0.25) is 9.89 Å². The van der Waals surface area contributed by atoms with Gasteiger partial charge in [-0.15, -0.1) is 5.11 Å². The number of Topliss-reactive ketones (excluding diaryl/α,β-unsaturated/α-hetero) is 1. The Morgan fingerprint density at radius 3 is 2.82 bits per heavy atom. The summed E-state index contributed by atoms with van der Waals surface area (Å²) in [5.74, 6) is -1.97. The number of hydrogen-bond donors (Lipinski definition) is 1. The van der Waals surface area contributed by atoms with Crippen LogP contribution in [0.2, 0.25) is 0 Å². The van der Waals surface area contributed by atoms with E-state index in [1.165, 1.54) is 18.5 Å². The molecule has 0 atom stereocenters. The fourth-order valence-electron chi connectivity index (χ4n) is 1.25. The van der Waals surface area contributed by atoms with Crippen LogP contribution in [0, 0.1) is 0 Å². The van der Waals surface area contributed by atoms with E-state index >= 15 is 0 Å². The first-order valence-electron chi connectivity index (χ1n) is 4.43. The van der Waals surface area contributed by atoms with Crippen LogP contribution in [0.15, 0.2) is 34.8 Å². The lowest BCUT2D eigenvalue weighted by molar-refractivity contribution is -0.164. The van der Waals surface area contributed by atoms with Gasteiger partial charge in [0.05, 0.1) is 5.57 Å². The summed E-state index contributed by atoms with van der Waals surface area (Å²) in [6, 6.07) is 0. The highest BCUT2D eigenvalue weighted by Crippen LogP contribution is 2.31. The van der Waals surface area contributed by atoms with Crippen molar-refractivity contribution in [3.63, 3.8) is 0 Å². The first-order valence-corrected chi connectivity index (χ1v) is 4.43. The highest BCUT2D eigenvalue weighted by Gasteiger charge is 2.42. The molecular formula is C9H5F3N4O. The predicted octanol–water partition coefficient (Wildman–Crippen LogP) is 2.54. The summed E-state index contributed by atoms with van der Waals surface area (Å²) < 4.78 is 37.1. The molecule has 0 bridgehead atoms. The normalized spacial score (nSPS) is 14.9. The standard InChI is InChI=1S/C9H5F3N4O/c10-9(11,12)8(17)5-2-1-3-13-15-6-4-14-16-7(5)6/h1-4H,(H,14,16). The smallest absolute Gasteiger partial charge is 0.284 e. The number of nitrogens with zero attached hydrogens (tertiary/aromatic N) is 3. The van der Waals surface area contributed by atoms with E-state index in [-0.39, 0.29) is 11.4 Å². The van der Waals surface area contributed by atoms with Crippen molar-refractivity contribution in [1.29, 1.82) is 0 Å². The van der Waals surface area contributed by atoms with E-state index in [2.05, 4.69) is 20.4 Å². The van der Waals surface area contributed by atoms with E-state index in [4.69, 9.17) is 0 Å². The highest BCUT2D eigenvalue weighted by molar-refractivity contribution is 6.24. The predicted molar refractivity (Wildman–Crippen MR) is 51.3 cm³/mol. The Morgan fingerprint density at radius 1 is 1.35 bits per heavy atom. The topological polar surface area (TPSA) is 70.5 Å². The number of H-pyrrole nitrogens is 1. The summed E-state index contributed by atoms with van der Waals surface area (Å²) in [5, 5.41) is 13.1. The van der Waals surface area contributed by atoms with Gasteiger partial charge in [-0.1, -0.05) is 0 Å². The maximum atomic E-state index is 12.4. The van der Waals surface area contributed by atoms with Crippen molar-refractivity contribution >= 4 is 17.0 Å². The molecule has 0 saturated heterocycles. The maximum Gasteiger partial charge on any atom is 0.454 e. The van der Waals surface area contributed by atoms with Crippen LogP contribution < -0.4 is 0 Å². The Morgan fingerprint density at radius 2 is 2.12 bits per heavy atom. The number of rotatable bonds is 1. The molecule has 1 aromatic rings. The van der Waals surface area contributed by atoms with Crippen molar-refractivity contribution in [2.45, 2.75) is 6.18 Å². The molecule has 1 aliphatic rings. The molecule has 17 heavy (non-hydrogen) atoms. The third kappa shape index (κ3) is 2.14. The number of halogens is 3. The average Bonchev–Trinajstić information content (AvgIpc) is 2.64. The average molecular weight is 242 g/mol. The number of carbonyl (C=O) groups is 1. The van der Waals surface area contributed by atoms with Crippen molar-refractivity contribution in [1.82, 2.24) is 10.2 Å². The van der Waals surface area contributed by atoms with Crippen LogP contribution >= 0.6 is 0 Å². The number of nitrogens with one attached hydrogen (secondary N) is 1. The first-order chi connectivity index (χ1) is 8.00. The second-order valence-electron chi connectivity index (χ2n) is 3.08. The van der Waals surface area contributed by atoms with Crippen LogP contribution in [0.4, 0.5) is 18.9 Å². The summed E-state index contributed by atoms with van der Waals surface area (Å²) in [6.45, 7) is 0. The highest BCUT2D eigenvalue weighted by atomic mass is 19.4. The van der Waals surface area contributed by atoms with Gasteiger partial charge in [0.1, 0.15) is 11.4 Å². The lowest BCUT2D eigenvalue weighted by Crippen LogP contribution is -2.24. The summed E-state index contributed by atoms with van der Waals surface area (Å²) in [7, 11) is 0. The third-order valence-electron chi connectivity index (χ3n) is 1.96. The van der Waals surface area contributed by atoms with E-state index in [9.17, 15) is 18.0 Å². The quantitative estimate of drug-likeness (QED) is 0.821. The Balaban J connectivity index is 2.52. The molecule has 0 fully saturated rings. The Bertz CT molecular complexity index is 539. The van der Waals surface area contributed by atoms with Gasteiger partial charge in [0, 0.05) is 12.4 Å². The lowest BCUT2D eigenvalue weighted by atomic mass is 10.1. The number of aromatic nitrogens is 2. The van der Waals surface area contributed by atoms with E-state index < -0.39 is 17.5 Å². The van der Waals surface area contributed by atoms with Crippen LogP contribution in [0.3, 0.4) is 0 Å². The maximum absolute atomic E-state index is 12.4. The molecule has 0 aliphatic carbocycles. The molecule has 0 saturated carbocycles. The Labute approximate surface area is 92.7 Å². The van der Waals surface area contributed by atoms with Crippen LogP contribution in [-0.4, -0.2) is 22.2 Å². The summed E-state index contributed by atoms with van der Waals surface area (Å²) in [5.41, 5.74) is -0.651. The zero-order valence-corrected chi connectivity index (χ0v) is 8.19. The van der Waals surface area contributed by atoms with Gasteiger partial charge in [0.2, 0.25) is 0 Å². The Hall–Kier alpha value is -2.25. The van der Waals surface area contributed by atoms with Crippen LogP contribution in [0.1, 0.15) is 5.69 Å². The molecule has 0 amide bonds. The third-order valence-corrected chi connectivity index (χ3v) is 1.96. The molecule has 2 heterocycles. The summed E-state index contributed by atoms with van der Waals surface area (Å²) >= 11 is 0. The molecule has 8 heteroatoms. The number of ketones is 1. The number of hydrogen-bond acceptors (Lipinski definition) is 4. The van der Waals surface area contributed by atoms with Crippen molar-refractivity contribution in [3.05, 3.63) is 30.2 Å². The van der Waals surface area contributed by atoms with Gasteiger partial charge < -0.3 is 0 Å². The van der Waals surface area contributed by atoms with E-state index in [1.54, 1.807) is 0 Å². The number of fused-ring (bicyclic) bond motifs is 1. The van der Waals surface area contributed by atoms with Crippen LogP contribution in [0.25, 0.3) is 5.57 Å². The van der Waals surface area contributed by atoms with Gasteiger partial charge in [0.25, 0.3) is 5.78 Å². The van der Waals surface area contributed by atoms with Crippen molar-refractivity contribution in [3.8, 4) is 0 Å². The minimum absolute atomic E-state index is 0.0817. The molecule has 5 nitrogen and oxygen atoms in total. The van der Waals surface area contributed by atoms with E-state index in [1.807, 2.05) is 0 Å². The molecule has 1 aliphatic heterocycles. The molecule has 0 radical (unpaired) electrons. The molecule has 0 unspecified atom stereocenters. The van der Waals surface area contributed by atoms with Crippen LogP contribution in [0.5, 0.6) is 0 Å². The SMILES string of the molecule is O=C(C1=CC=CN=Nc2c[nH]nc21)C(F)(F)F. The molecule has 88 valence electrons. The van der Waals surface area contributed by atoms with Gasteiger partial charge in [-0.05, 0) is 12.2 Å². The zero-order chi connectivity index (χ0) is 12.5. The molecule has 0 aromatic carbocycles. The molecule has 2 rings (SSSR count). The number of alkyl halides is 3. The first kappa shape index (κ1) is 11.2. The summed E-state index contributed by atoms with van der Waals surface area (Å²) in [6.07, 6.45) is -0.310. The van der Waals surface area contributed by atoms with Crippen molar-refractivity contribution in [2.75, 3.05) is 0 Å². The van der Waals surface area contributed by atoms with E-state index in [0.717, 1.165) is 6.08 Å².